The lowest BCUT2D eigenvalue weighted by Gasteiger charge is -2.05. The molecule has 0 bridgehead atoms. The number of rotatable bonds is 3. The van der Waals surface area contributed by atoms with Crippen LogP contribution in [0.3, 0.4) is 0 Å². The molecule has 0 aliphatic rings. The smallest absolute Gasteiger partial charge is 0.284 e. The van der Waals surface area contributed by atoms with Crippen LogP contribution >= 0.6 is 15.9 Å². The van der Waals surface area contributed by atoms with Gasteiger partial charge in [-0.05, 0) is 37.3 Å². The summed E-state index contributed by atoms with van der Waals surface area (Å²) in [4.78, 5) is 11.7. The highest BCUT2D eigenvalue weighted by molar-refractivity contribution is 9.10. The fourth-order valence-electron chi connectivity index (χ4n) is 1.30. The molecule has 0 radical (unpaired) electrons. The molecule has 0 fully saturated rings. The molecule has 88 valence electrons. The highest BCUT2D eigenvalue weighted by Crippen LogP contribution is 2.15. The van der Waals surface area contributed by atoms with Crippen molar-refractivity contribution in [3.8, 4) is 5.75 Å². The number of carbonyl (C=O) groups excluding carboxylic acids is 1. The zero-order chi connectivity index (χ0) is 12.3. The van der Waals surface area contributed by atoms with E-state index < -0.39 is 0 Å². The summed E-state index contributed by atoms with van der Waals surface area (Å²) in [5.74, 6) is 0.464. The van der Waals surface area contributed by atoms with Crippen LogP contribution in [-0.2, 0) is 0 Å². The number of hydrogen-bond acceptors (Lipinski definition) is 3. The van der Waals surface area contributed by atoms with Gasteiger partial charge in [0, 0.05) is 10.7 Å². The maximum Gasteiger partial charge on any atom is 0.284 e. The average Bonchev–Trinajstić information content (AvgIpc) is 2.75. The Morgan fingerprint density at radius 3 is 2.65 bits per heavy atom. The van der Waals surface area contributed by atoms with Gasteiger partial charge >= 0.3 is 0 Å². The maximum atomic E-state index is 11.7. The van der Waals surface area contributed by atoms with Gasteiger partial charge in [0.2, 0.25) is 0 Å². The molecule has 17 heavy (non-hydrogen) atoms. The Bertz CT molecular complexity index is 520. The van der Waals surface area contributed by atoms with Gasteiger partial charge in [-0.2, -0.15) is 5.10 Å². The predicted octanol–water partition coefficient (Wildman–Crippen LogP) is 2.67. The van der Waals surface area contributed by atoms with Crippen molar-refractivity contribution < 1.29 is 9.53 Å². The minimum absolute atomic E-state index is 0.0250. The van der Waals surface area contributed by atoms with E-state index in [2.05, 4.69) is 21.0 Å². The van der Waals surface area contributed by atoms with Crippen LogP contribution in [0.15, 0.2) is 41.0 Å². The highest BCUT2D eigenvalue weighted by Gasteiger charge is 2.06. The third kappa shape index (κ3) is 3.17. The molecule has 0 amide bonds. The zero-order valence-corrected chi connectivity index (χ0v) is 10.8. The zero-order valence-electron chi connectivity index (χ0n) is 9.26. The Balaban J connectivity index is 1.94. The fraction of sp³-hybridized carbons (Fsp3) is 0.167. The molecule has 1 aromatic heterocycles. The predicted molar refractivity (Wildman–Crippen MR) is 67.2 cm³/mol. The molecule has 0 atom stereocenters. The highest BCUT2D eigenvalue weighted by atomic mass is 79.9. The van der Waals surface area contributed by atoms with E-state index in [1.807, 2.05) is 19.1 Å². The second-order valence-corrected chi connectivity index (χ2v) is 4.45. The Labute approximate surface area is 107 Å². The molecule has 5 heteroatoms. The first-order valence-corrected chi connectivity index (χ1v) is 5.88. The molecule has 0 aliphatic carbocycles. The van der Waals surface area contributed by atoms with E-state index in [-0.39, 0.29) is 12.5 Å². The summed E-state index contributed by atoms with van der Waals surface area (Å²) in [6, 6.07) is 9.09. The molecule has 1 heterocycles. The fourth-order valence-corrected chi connectivity index (χ4v) is 1.56. The molecule has 2 rings (SSSR count). The van der Waals surface area contributed by atoms with E-state index >= 15 is 0 Å². The van der Waals surface area contributed by atoms with E-state index in [4.69, 9.17) is 4.74 Å². The minimum atomic E-state index is -0.194. The van der Waals surface area contributed by atoms with Gasteiger partial charge in [0.15, 0.2) is 6.61 Å². The van der Waals surface area contributed by atoms with Gasteiger partial charge in [-0.15, -0.1) is 0 Å². The van der Waals surface area contributed by atoms with Crippen molar-refractivity contribution in [2.75, 3.05) is 6.61 Å². The quantitative estimate of drug-likeness (QED) is 0.874. The first-order valence-electron chi connectivity index (χ1n) is 5.09. The molecule has 0 aliphatic heterocycles. The van der Waals surface area contributed by atoms with Gasteiger partial charge < -0.3 is 4.74 Å². The average molecular weight is 295 g/mol. The Morgan fingerprint density at radius 1 is 1.35 bits per heavy atom. The topological polar surface area (TPSA) is 44.1 Å². The first kappa shape index (κ1) is 11.9. The van der Waals surface area contributed by atoms with Crippen LogP contribution in [-0.4, -0.2) is 22.3 Å². The van der Waals surface area contributed by atoms with Crippen LogP contribution < -0.4 is 4.74 Å². The molecule has 4 nitrogen and oxygen atoms in total. The third-order valence-electron chi connectivity index (χ3n) is 2.15. The monoisotopic (exact) mass is 294 g/mol. The molecule has 2 aromatic rings. The molecule has 0 unspecified atom stereocenters. The standard InChI is InChI=1S/C12H11BrN2O2/c1-9-6-7-15(14-9)12(16)8-17-11-4-2-10(13)3-5-11/h2-7H,8H2,1H3. The van der Waals surface area contributed by atoms with Crippen molar-refractivity contribution in [2.45, 2.75) is 6.92 Å². The van der Waals surface area contributed by atoms with Gasteiger partial charge in [0.05, 0.1) is 5.69 Å². The summed E-state index contributed by atoms with van der Waals surface area (Å²) < 4.78 is 7.61. The van der Waals surface area contributed by atoms with Crippen molar-refractivity contribution in [3.63, 3.8) is 0 Å². The lowest BCUT2D eigenvalue weighted by atomic mass is 10.3. The third-order valence-corrected chi connectivity index (χ3v) is 2.68. The number of aromatic nitrogens is 2. The number of nitrogens with zero attached hydrogens (tertiary/aromatic N) is 2. The summed E-state index contributed by atoms with van der Waals surface area (Å²) in [7, 11) is 0. The van der Waals surface area contributed by atoms with Gasteiger partial charge in [0.1, 0.15) is 5.75 Å². The van der Waals surface area contributed by atoms with Crippen LogP contribution in [0.2, 0.25) is 0 Å². The molecule has 1 aromatic carbocycles. The van der Waals surface area contributed by atoms with Crippen molar-refractivity contribution >= 4 is 21.8 Å². The Kier molecular flexibility index (Phi) is 3.58. The van der Waals surface area contributed by atoms with E-state index in [9.17, 15) is 4.79 Å². The number of hydrogen-bond donors (Lipinski definition) is 0. The SMILES string of the molecule is Cc1ccn(C(=O)COc2ccc(Br)cc2)n1. The Hall–Kier alpha value is -1.62. The van der Waals surface area contributed by atoms with E-state index in [1.165, 1.54) is 4.68 Å². The second-order valence-electron chi connectivity index (χ2n) is 3.54. The van der Waals surface area contributed by atoms with Crippen LogP contribution in [0.25, 0.3) is 0 Å². The van der Waals surface area contributed by atoms with Crippen LogP contribution in [0.1, 0.15) is 10.5 Å². The molecular formula is C12H11BrN2O2. The van der Waals surface area contributed by atoms with E-state index in [1.54, 1.807) is 24.4 Å². The van der Waals surface area contributed by atoms with Gasteiger partial charge in [-0.25, -0.2) is 4.68 Å². The summed E-state index contributed by atoms with van der Waals surface area (Å²) in [6.07, 6.45) is 1.63. The number of ether oxygens (including phenoxy) is 1. The van der Waals surface area contributed by atoms with Gasteiger partial charge in [0.25, 0.3) is 5.91 Å². The first-order chi connectivity index (χ1) is 8.15. The lowest BCUT2D eigenvalue weighted by molar-refractivity contribution is 0.0820. The maximum absolute atomic E-state index is 11.7. The Morgan fingerprint density at radius 2 is 2.06 bits per heavy atom. The van der Waals surface area contributed by atoms with Crippen molar-refractivity contribution in [2.24, 2.45) is 0 Å². The normalized spacial score (nSPS) is 10.2. The summed E-state index contributed by atoms with van der Waals surface area (Å²) in [5.41, 5.74) is 0.807. The number of benzene rings is 1. The van der Waals surface area contributed by atoms with Gasteiger partial charge in [-0.3, -0.25) is 4.79 Å². The number of carbonyl (C=O) groups is 1. The van der Waals surface area contributed by atoms with Crippen LogP contribution in [0, 0.1) is 6.92 Å². The summed E-state index contributed by atoms with van der Waals surface area (Å²) in [5, 5.41) is 4.02. The van der Waals surface area contributed by atoms with Crippen molar-refractivity contribution in [3.05, 3.63) is 46.7 Å². The molecule has 0 saturated carbocycles. The molecule has 0 saturated heterocycles. The molecular weight excluding hydrogens is 284 g/mol. The van der Waals surface area contributed by atoms with Crippen molar-refractivity contribution in [1.29, 1.82) is 0 Å². The number of aryl methyl sites for hydroxylation is 1. The summed E-state index contributed by atoms with van der Waals surface area (Å²) >= 11 is 3.33. The number of halogens is 1. The summed E-state index contributed by atoms with van der Waals surface area (Å²) in [6.45, 7) is 1.81. The largest absolute Gasteiger partial charge is 0.484 e. The second kappa shape index (κ2) is 5.14. The van der Waals surface area contributed by atoms with Crippen molar-refractivity contribution in [1.82, 2.24) is 9.78 Å². The molecule has 0 N–H and O–H groups in total. The molecule has 0 spiro atoms. The van der Waals surface area contributed by atoms with Crippen LogP contribution in [0.5, 0.6) is 5.75 Å². The lowest BCUT2D eigenvalue weighted by Crippen LogP contribution is -2.19. The van der Waals surface area contributed by atoms with E-state index in [0.717, 1.165) is 10.2 Å². The van der Waals surface area contributed by atoms with Crippen LogP contribution in [0.4, 0.5) is 0 Å². The van der Waals surface area contributed by atoms with E-state index in [0.29, 0.717) is 5.75 Å². The van der Waals surface area contributed by atoms with Gasteiger partial charge in [-0.1, -0.05) is 15.9 Å². The minimum Gasteiger partial charge on any atom is -0.484 e.